The minimum atomic E-state index is -0.147. The molecule has 0 aliphatic rings. The molecule has 0 saturated carbocycles. The zero-order valence-corrected chi connectivity index (χ0v) is 13.0. The lowest BCUT2D eigenvalue weighted by Gasteiger charge is -2.08. The van der Waals surface area contributed by atoms with Crippen LogP contribution in [0.3, 0.4) is 0 Å². The van der Waals surface area contributed by atoms with Gasteiger partial charge in [-0.25, -0.2) is 4.79 Å². The zero-order chi connectivity index (χ0) is 14.9. The van der Waals surface area contributed by atoms with Crippen molar-refractivity contribution in [3.63, 3.8) is 0 Å². The van der Waals surface area contributed by atoms with Gasteiger partial charge in [-0.15, -0.1) is 11.8 Å². The smallest absolute Gasteiger partial charge is 0.315 e. The van der Waals surface area contributed by atoms with Crippen LogP contribution in [0, 0.1) is 0 Å². The molecule has 0 aliphatic heterocycles. The van der Waals surface area contributed by atoms with Crippen LogP contribution in [0.25, 0.3) is 0 Å². The Morgan fingerprint density at radius 2 is 1.48 bits per heavy atom. The standard InChI is InChI=1S/C17H20N2OS/c1-2-21-16-10-8-15(9-11-16)13-19-17(20)18-12-14-6-4-3-5-7-14/h3-11H,2,12-13H2,1H3,(H2,18,19,20). The highest BCUT2D eigenvalue weighted by Gasteiger charge is 2.01. The Kier molecular flexibility index (Phi) is 6.16. The highest BCUT2D eigenvalue weighted by molar-refractivity contribution is 7.99. The molecule has 2 amide bonds. The third-order valence-electron chi connectivity index (χ3n) is 2.98. The van der Waals surface area contributed by atoms with Crippen molar-refractivity contribution in [3.8, 4) is 0 Å². The molecule has 2 N–H and O–H groups in total. The fourth-order valence-corrected chi connectivity index (χ4v) is 2.56. The first-order valence-corrected chi connectivity index (χ1v) is 8.04. The molecule has 0 bridgehead atoms. The summed E-state index contributed by atoms with van der Waals surface area (Å²) in [6, 6.07) is 18.0. The van der Waals surface area contributed by atoms with Crippen LogP contribution < -0.4 is 10.6 Å². The number of urea groups is 1. The fraction of sp³-hybridized carbons (Fsp3) is 0.235. The Balaban J connectivity index is 1.73. The van der Waals surface area contributed by atoms with Gasteiger partial charge < -0.3 is 10.6 Å². The second-order valence-corrected chi connectivity index (χ2v) is 5.94. The summed E-state index contributed by atoms with van der Waals surface area (Å²) in [7, 11) is 0. The first-order chi connectivity index (χ1) is 10.3. The van der Waals surface area contributed by atoms with Crippen molar-refractivity contribution < 1.29 is 4.79 Å². The number of nitrogens with one attached hydrogen (secondary N) is 2. The van der Waals surface area contributed by atoms with E-state index in [4.69, 9.17) is 0 Å². The van der Waals surface area contributed by atoms with Crippen LogP contribution in [0.4, 0.5) is 4.79 Å². The van der Waals surface area contributed by atoms with Gasteiger partial charge in [0.05, 0.1) is 0 Å². The Morgan fingerprint density at radius 3 is 2.05 bits per heavy atom. The Bertz CT molecular complexity index is 555. The first-order valence-electron chi connectivity index (χ1n) is 7.05. The van der Waals surface area contributed by atoms with E-state index in [-0.39, 0.29) is 6.03 Å². The third-order valence-corrected chi connectivity index (χ3v) is 3.88. The normalized spacial score (nSPS) is 10.1. The maximum absolute atomic E-state index is 11.7. The highest BCUT2D eigenvalue weighted by atomic mass is 32.2. The number of carbonyl (C=O) groups is 1. The predicted octanol–water partition coefficient (Wildman–Crippen LogP) is 3.80. The summed E-state index contributed by atoms with van der Waals surface area (Å²) in [5.74, 6) is 1.07. The minimum absolute atomic E-state index is 0.147. The van der Waals surface area contributed by atoms with E-state index < -0.39 is 0 Å². The molecule has 2 aromatic rings. The topological polar surface area (TPSA) is 41.1 Å². The predicted molar refractivity (Wildman–Crippen MR) is 88.4 cm³/mol. The summed E-state index contributed by atoms with van der Waals surface area (Å²) in [6.45, 7) is 3.22. The van der Waals surface area contributed by atoms with Crippen LogP contribution in [0.5, 0.6) is 0 Å². The minimum Gasteiger partial charge on any atom is -0.334 e. The molecule has 0 radical (unpaired) electrons. The molecule has 0 unspecified atom stereocenters. The summed E-state index contributed by atoms with van der Waals surface area (Å²) in [5, 5.41) is 5.71. The van der Waals surface area contributed by atoms with Gasteiger partial charge >= 0.3 is 6.03 Å². The fourth-order valence-electron chi connectivity index (χ4n) is 1.89. The molecule has 2 rings (SSSR count). The summed E-state index contributed by atoms with van der Waals surface area (Å²) in [4.78, 5) is 13.0. The van der Waals surface area contributed by atoms with E-state index in [2.05, 4.69) is 41.8 Å². The van der Waals surface area contributed by atoms with Gasteiger partial charge in [0.15, 0.2) is 0 Å². The Labute approximate surface area is 130 Å². The average molecular weight is 300 g/mol. The molecule has 0 saturated heterocycles. The van der Waals surface area contributed by atoms with E-state index >= 15 is 0 Å². The van der Waals surface area contributed by atoms with Crippen LogP contribution in [0.15, 0.2) is 59.5 Å². The van der Waals surface area contributed by atoms with Crippen molar-refractivity contribution in [3.05, 3.63) is 65.7 Å². The number of hydrogen-bond acceptors (Lipinski definition) is 2. The van der Waals surface area contributed by atoms with Crippen molar-refractivity contribution in [1.82, 2.24) is 10.6 Å². The molecule has 0 fully saturated rings. The lowest BCUT2D eigenvalue weighted by atomic mass is 10.2. The van der Waals surface area contributed by atoms with Crippen LogP contribution in [-0.4, -0.2) is 11.8 Å². The largest absolute Gasteiger partial charge is 0.334 e. The van der Waals surface area contributed by atoms with Gasteiger partial charge in [-0.1, -0.05) is 49.4 Å². The number of amides is 2. The number of hydrogen-bond donors (Lipinski definition) is 2. The lowest BCUT2D eigenvalue weighted by Crippen LogP contribution is -2.34. The van der Waals surface area contributed by atoms with Crippen LogP contribution >= 0.6 is 11.8 Å². The summed E-state index contributed by atoms with van der Waals surface area (Å²) in [5.41, 5.74) is 2.19. The maximum Gasteiger partial charge on any atom is 0.315 e. The van der Waals surface area contributed by atoms with E-state index in [1.807, 2.05) is 42.1 Å². The highest BCUT2D eigenvalue weighted by Crippen LogP contribution is 2.17. The van der Waals surface area contributed by atoms with Crippen LogP contribution in [0.1, 0.15) is 18.1 Å². The number of thioether (sulfide) groups is 1. The van der Waals surface area contributed by atoms with E-state index in [9.17, 15) is 4.79 Å². The molecular formula is C17H20N2OS. The summed E-state index contributed by atoms with van der Waals surface area (Å²) >= 11 is 1.81. The molecular weight excluding hydrogens is 280 g/mol. The summed E-state index contributed by atoms with van der Waals surface area (Å²) in [6.07, 6.45) is 0. The third kappa shape index (κ3) is 5.52. The molecule has 4 heteroatoms. The Morgan fingerprint density at radius 1 is 0.905 bits per heavy atom. The lowest BCUT2D eigenvalue weighted by molar-refractivity contribution is 0.240. The maximum atomic E-state index is 11.7. The monoisotopic (exact) mass is 300 g/mol. The van der Waals surface area contributed by atoms with Crippen molar-refractivity contribution in [2.45, 2.75) is 24.9 Å². The van der Waals surface area contributed by atoms with Gasteiger partial charge in [0.25, 0.3) is 0 Å². The van der Waals surface area contributed by atoms with Crippen molar-refractivity contribution in [2.75, 3.05) is 5.75 Å². The molecule has 0 spiro atoms. The first kappa shape index (κ1) is 15.4. The molecule has 110 valence electrons. The molecule has 0 aromatic heterocycles. The molecule has 21 heavy (non-hydrogen) atoms. The van der Waals surface area contributed by atoms with Gasteiger partial charge in [-0.3, -0.25) is 0 Å². The SMILES string of the molecule is CCSc1ccc(CNC(=O)NCc2ccccc2)cc1. The molecule has 0 atom stereocenters. The molecule has 0 aliphatic carbocycles. The average Bonchev–Trinajstić information content (AvgIpc) is 2.53. The van der Waals surface area contributed by atoms with Gasteiger partial charge in [0, 0.05) is 18.0 Å². The van der Waals surface area contributed by atoms with Gasteiger partial charge in [-0.05, 0) is 29.0 Å². The number of carbonyl (C=O) groups excluding carboxylic acids is 1. The number of benzene rings is 2. The van der Waals surface area contributed by atoms with E-state index in [0.29, 0.717) is 13.1 Å². The van der Waals surface area contributed by atoms with Crippen LogP contribution in [-0.2, 0) is 13.1 Å². The summed E-state index contributed by atoms with van der Waals surface area (Å²) < 4.78 is 0. The second kappa shape index (κ2) is 8.37. The molecule has 2 aromatic carbocycles. The number of rotatable bonds is 6. The van der Waals surface area contributed by atoms with E-state index in [1.165, 1.54) is 4.90 Å². The molecule has 3 nitrogen and oxygen atoms in total. The zero-order valence-electron chi connectivity index (χ0n) is 12.1. The van der Waals surface area contributed by atoms with Gasteiger partial charge in [-0.2, -0.15) is 0 Å². The van der Waals surface area contributed by atoms with E-state index in [0.717, 1.165) is 16.9 Å². The molecule has 0 heterocycles. The van der Waals surface area contributed by atoms with Gasteiger partial charge in [0.1, 0.15) is 0 Å². The second-order valence-electron chi connectivity index (χ2n) is 4.60. The Hall–Kier alpha value is -1.94. The van der Waals surface area contributed by atoms with Gasteiger partial charge in [0.2, 0.25) is 0 Å². The van der Waals surface area contributed by atoms with E-state index in [1.54, 1.807) is 0 Å². The van der Waals surface area contributed by atoms with Crippen LogP contribution in [0.2, 0.25) is 0 Å². The van der Waals surface area contributed by atoms with Crippen molar-refractivity contribution in [2.24, 2.45) is 0 Å². The quantitative estimate of drug-likeness (QED) is 0.797. The van der Waals surface area contributed by atoms with Crippen molar-refractivity contribution in [1.29, 1.82) is 0 Å². The van der Waals surface area contributed by atoms with Crippen molar-refractivity contribution >= 4 is 17.8 Å².